The van der Waals surface area contributed by atoms with Crippen LogP contribution in [0.15, 0.2) is 18.2 Å². The van der Waals surface area contributed by atoms with Gasteiger partial charge in [0.1, 0.15) is 0 Å². The van der Waals surface area contributed by atoms with Gasteiger partial charge < -0.3 is 5.11 Å². The molecule has 0 heterocycles. The molecule has 1 atom stereocenters. The maximum atomic E-state index is 9.40. The molecule has 1 unspecified atom stereocenters. The third-order valence-corrected chi connectivity index (χ3v) is 2.40. The lowest BCUT2D eigenvalue weighted by molar-refractivity contribution is 0.204. The van der Waals surface area contributed by atoms with Crippen LogP contribution in [0.25, 0.3) is 0 Å². The van der Waals surface area contributed by atoms with Crippen molar-refractivity contribution in [2.75, 3.05) is 5.75 Å². The van der Waals surface area contributed by atoms with Crippen LogP contribution in [0.1, 0.15) is 11.7 Å². The van der Waals surface area contributed by atoms with Crippen LogP contribution in [0.4, 0.5) is 0 Å². The first-order valence-electron chi connectivity index (χ1n) is 3.39. The normalized spacial score (nSPS) is 13.0. The number of hydrogen-bond acceptors (Lipinski definition) is 2. The van der Waals surface area contributed by atoms with Crippen LogP contribution in [0, 0.1) is 0 Å². The van der Waals surface area contributed by atoms with Gasteiger partial charge in [0.15, 0.2) is 0 Å². The molecule has 0 aliphatic carbocycles. The molecule has 0 aliphatic heterocycles. The Balaban J connectivity index is 3.01. The molecular weight excluding hydrogens is 215 g/mol. The van der Waals surface area contributed by atoms with Crippen LogP contribution in [-0.4, -0.2) is 10.9 Å². The van der Waals surface area contributed by atoms with Gasteiger partial charge in [-0.2, -0.15) is 12.6 Å². The molecular formula is C8H8Cl2OS. The number of thiol groups is 1. The Morgan fingerprint density at radius 2 is 2.08 bits per heavy atom. The number of aliphatic hydroxyl groups is 1. The van der Waals surface area contributed by atoms with Gasteiger partial charge in [-0.1, -0.05) is 29.3 Å². The molecule has 66 valence electrons. The first kappa shape index (κ1) is 10.2. The van der Waals surface area contributed by atoms with E-state index in [-0.39, 0.29) is 0 Å². The Kier molecular flexibility index (Phi) is 3.72. The van der Waals surface area contributed by atoms with E-state index in [0.29, 0.717) is 21.4 Å². The van der Waals surface area contributed by atoms with Crippen molar-refractivity contribution in [2.45, 2.75) is 6.10 Å². The van der Waals surface area contributed by atoms with Gasteiger partial charge in [-0.25, -0.2) is 0 Å². The Hall–Kier alpha value is 0.110. The highest BCUT2D eigenvalue weighted by molar-refractivity contribution is 7.80. The van der Waals surface area contributed by atoms with Crippen molar-refractivity contribution < 1.29 is 5.11 Å². The van der Waals surface area contributed by atoms with Gasteiger partial charge in [-0.05, 0) is 12.1 Å². The second-order valence-corrected chi connectivity index (χ2v) is 3.57. The number of rotatable bonds is 2. The molecule has 1 aromatic rings. The second-order valence-electron chi connectivity index (χ2n) is 2.36. The lowest BCUT2D eigenvalue weighted by atomic mass is 10.1. The fourth-order valence-electron chi connectivity index (χ4n) is 0.870. The average molecular weight is 223 g/mol. The fraction of sp³-hybridized carbons (Fsp3) is 0.250. The van der Waals surface area contributed by atoms with Crippen LogP contribution >= 0.6 is 35.8 Å². The summed E-state index contributed by atoms with van der Waals surface area (Å²) in [5.74, 6) is 0.349. The summed E-state index contributed by atoms with van der Waals surface area (Å²) < 4.78 is 0. The number of benzene rings is 1. The van der Waals surface area contributed by atoms with Crippen LogP contribution in [0.3, 0.4) is 0 Å². The van der Waals surface area contributed by atoms with Gasteiger partial charge in [0.05, 0.1) is 6.10 Å². The summed E-state index contributed by atoms with van der Waals surface area (Å²) in [5.41, 5.74) is 0.663. The number of halogens is 2. The van der Waals surface area contributed by atoms with Crippen LogP contribution in [0.2, 0.25) is 10.0 Å². The summed E-state index contributed by atoms with van der Waals surface area (Å²) in [5, 5.41) is 10.4. The third kappa shape index (κ3) is 2.30. The largest absolute Gasteiger partial charge is 0.388 e. The zero-order valence-corrected chi connectivity index (χ0v) is 8.57. The zero-order chi connectivity index (χ0) is 9.14. The molecule has 1 N–H and O–H groups in total. The standard InChI is InChI=1S/C8H8Cl2OS/c9-5-1-2-6(7(10)3-5)8(11)4-12/h1-3,8,11-12H,4H2. The van der Waals surface area contributed by atoms with Crippen LogP contribution < -0.4 is 0 Å². The molecule has 0 bridgehead atoms. The zero-order valence-electron chi connectivity index (χ0n) is 6.17. The molecule has 0 saturated carbocycles. The van der Waals surface area contributed by atoms with Gasteiger partial charge in [0.2, 0.25) is 0 Å². The van der Waals surface area contributed by atoms with Crippen molar-refractivity contribution in [2.24, 2.45) is 0 Å². The Morgan fingerprint density at radius 3 is 2.58 bits per heavy atom. The van der Waals surface area contributed by atoms with E-state index in [0.717, 1.165) is 0 Å². The molecule has 0 amide bonds. The van der Waals surface area contributed by atoms with E-state index >= 15 is 0 Å². The molecule has 0 aromatic heterocycles. The molecule has 4 heteroatoms. The Morgan fingerprint density at radius 1 is 1.42 bits per heavy atom. The van der Waals surface area contributed by atoms with E-state index in [1.54, 1.807) is 18.2 Å². The van der Waals surface area contributed by atoms with Gasteiger partial charge in [-0.3, -0.25) is 0 Å². The van der Waals surface area contributed by atoms with Gasteiger partial charge in [0, 0.05) is 21.4 Å². The molecule has 0 saturated heterocycles. The molecule has 1 nitrogen and oxygen atoms in total. The quantitative estimate of drug-likeness (QED) is 0.738. The minimum atomic E-state index is -0.627. The van der Waals surface area contributed by atoms with Crippen LogP contribution in [-0.2, 0) is 0 Å². The summed E-state index contributed by atoms with van der Waals surface area (Å²) >= 11 is 15.5. The number of hydrogen-bond donors (Lipinski definition) is 2. The lowest BCUT2D eigenvalue weighted by Crippen LogP contribution is -1.98. The smallest absolute Gasteiger partial charge is 0.0892 e. The summed E-state index contributed by atoms with van der Waals surface area (Å²) in [6.07, 6.45) is -0.627. The van der Waals surface area contributed by atoms with E-state index in [4.69, 9.17) is 23.2 Å². The fourth-order valence-corrected chi connectivity index (χ4v) is 1.60. The van der Waals surface area contributed by atoms with Crippen molar-refractivity contribution in [3.05, 3.63) is 33.8 Å². The van der Waals surface area contributed by atoms with E-state index in [1.807, 2.05) is 0 Å². The van der Waals surface area contributed by atoms with E-state index < -0.39 is 6.10 Å². The molecule has 12 heavy (non-hydrogen) atoms. The van der Waals surface area contributed by atoms with Crippen LogP contribution in [0.5, 0.6) is 0 Å². The van der Waals surface area contributed by atoms with Crippen molar-refractivity contribution >= 4 is 35.8 Å². The van der Waals surface area contributed by atoms with E-state index in [9.17, 15) is 5.11 Å². The first-order chi connectivity index (χ1) is 5.65. The average Bonchev–Trinajstić information content (AvgIpc) is 2.03. The topological polar surface area (TPSA) is 20.2 Å². The van der Waals surface area contributed by atoms with Gasteiger partial charge >= 0.3 is 0 Å². The predicted octanol–water partition coefficient (Wildman–Crippen LogP) is 2.96. The first-order valence-corrected chi connectivity index (χ1v) is 4.78. The van der Waals surface area contributed by atoms with Gasteiger partial charge in [-0.15, -0.1) is 0 Å². The summed E-state index contributed by atoms with van der Waals surface area (Å²) in [4.78, 5) is 0. The predicted molar refractivity (Wildman–Crippen MR) is 55.3 cm³/mol. The molecule has 0 aliphatic rings. The monoisotopic (exact) mass is 222 g/mol. The summed E-state index contributed by atoms with van der Waals surface area (Å²) in [6, 6.07) is 4.99. The minimum Gasteiger partial charge on any atom is -0.388 e. The SMILES string of the molecule is OC(CS)c1ccc(Cl)cc1Cl. The lowest BCUT2D eigenvalue weighted by Gasteiger charge is -2.09. The van der Waals surface area contributed by atoms with E-state index in [2.05, 4.69) is 12.6 Å². The molecule has 0 fully saturated rings. The molecule has 0 spiro atoms. The van der Waals surface area contributed by atoms with Gasteiger partial charge in [0.25, 0.3) is 0 Å². The molecule has 0 radical (unpaired) electrons. The van der Waals surface area contributed by atoms with Crippen molar-refractivity contribution in [1.29, 1.82) is 0 Å². The maximum absolute atomic E-state index is 9.40. The number of aliphatic hydroxyl groups excluding tert-OH is 1. The highest BCUT2D eigenvalue weighted by atomic mass is 35.5. The third-order valence-electron chi connectivity index (χ3n) is 1.49. The Bertz CT molecular complexity index is 278. The van der Waals surface area contributed by atoms with Crippen molar-refractivity contribution in [3.63, 3.8) is 0 Å². The van der Waals surface area contributed by atoms with E-state index in [1.165, 1.54) is 0 Å². The maximum Gasteiger partial charge on any atom is 0.0892 e. The molecule has 1 aromatic carbocycles. The Labute approximate surface area is 86.7 Å². The highest BCUT2D eigenvalue weighted by Crippen LogP contribution is 2.26. The highest BCUT2D eigenvalue weighted by Gasteiger charge is 2.09. The molecule has 1 rings (SSSR count). The van der Waals surface area contributed by atoms with Crippen molar-refractivity contribution in [3.8, 4) is 0 Å². The summed E-state index contributed by atoms with van der Waals surface area (Å²) in [6.45, 7) is 0. The van der Waals surface area contributed by atoms with Crippen molar-refractivity contribution in [1.82, 2.24) is 0 Å². The second kappa shape index (κ2) is 4.38. The summed E-state index contributed by atoms with van der Waals surface area (Å²) in [7, 11) is 0. The minimum absolute atomic E-state index is 0.349.